The molecular weight excluding hydrogens is 290 g/mol. The van der Waals surface area contributed by atoms with Gasteiger partial charge in [-0.3, -0.25) is 4.68 Å². The Morgan fingerprint density at radius 3 is 2.56 bits per heavy atom. The zero-order valence-electron chi connectivity index (χ0n) is 9.68. The van der Waals surface area contributed by atoms with Crippen LogP contribution in [0.25, 0.3) is 10.9 Å². The van der Waals surface area contributed by atoms with Crippen LogP contribution in [0.3, 0.4) is 0 Å². The van der Waals surface area contributed by atoms with Gasteiger partial charge in [-0.15, -0.1) is 0 Å². The molecule has 1 aromatic heterocycles. The molecule has 0 amide bonds. The summed E-state index contributed by atoms with van der Waals surface area (Å²) < 4.78 is 3.02. The van der Waals surface area contributed by atoms with Crippen LogP contribution >= 0.6 is 15.9 Å². The SMILES string of the molecule is Nc1nn(Cc2ccc(Br)cc2)c2ccccc12. The number of anilines is 1. The molecule has 0 saturated carbocycles. The third kappa shape index (κ3) is 1.99. The number of hydrogen-bond donors (Lipinski definition) is 1. The topological polar surface area (TPSA) is 43.8 Å². The summed E-state index contributed by atoms with van der Waals surface area (Å²) in [5.41, 5.74) is 8.18. The number of nitrogen functional groups attached to an aromatic ring is 1. The molecule has 3 rings (SSSR count). The molecule has 0 aliphatic rings. The maximum Gasteiger partial charge on any atom is 0.153 e. The zero-order chi connectivity index (χ0) is 12.5. The summed E-state index contributed by atoms with van der Waals surface area (Å²) in [5, 5.41) is 5.40. The van der Waals surface area contributed by atoms with Crippen LogP contribution in [0.1, 0.15) is 5.56 Å². The molecular formula is C14H12BrN3. The van der Waals surface area contributed by atoms with Gasteiger partial charge in [0, 0.05) is 9.86 Å². The average molecular weight is 302 g/mol. The van der Waals surface area contributed by atoms with Crippen LogP contribution in [0.15, 0.2) is 53.0 Å². The van der Waals surface area contributed by atoms with E-state index in [-0.39, 0.29) is 0 Å². The maximum atomic E-state index is 5.92. The highest BCUT2D eigenvalue weighted by atomic mass is 79.9. The van der Waals surface area contributed by atoms with Gasteiger partial charge in [-0.05, 0) is 29.8 Å². The zero-order valence-corrected chi connectivity index (χ0v) is 11.3. The molecule has 3 aromatic rings. The quantitative estimate of drug-likeness (QED) is 0.788. The van der Waals surface area contributed by atoms with E-state index in [0.717, 1.165) is 21.9 Å². The fourth-order valence-corrected chi connectivity index (χ4v) is 2.30. The molecule has 18 heavy (non-hydrogen) atoms. The van der Waals surface area contributed by atoms with E-state index in [9.17, 15) is 0 Å². The normalized spacial score (nSPS) is 10.9. The highest BCUT2D eigenvalue weighted by Crippen LogP contribution is 2.21. The molecule has 1 heterocycles. The molecule has 90 valence electrons. The van der Waals surface area contributed by atoms with E-state index in [4.69, 9.17) is 5.73 Å². The first-order valence-corrected chi connectivity index (χ1v) is 6.49. The lowest BCUT2D eigenvalue weighted by molar-refractivity contribution is 0.716. The molecule has 0 fully saturated rings. The van der Waals surface area contributed by atoms with E-state index in [1.54, 1.807) is 0 Å². The number of para-hydroxylation sites is 1. The molecule has 0 atom stereocenters. The number of rotatable bonds is 2. The minimum absolute atomic E-state index is 0.586. The summed E-state index contributed by atoms with van der Waals surface area (Å²) in [6.07, 6.45) is 0. The molecule has 0 aliphatic heterocycles. The van der Waals surface area contributed by atoms with Crippen molar-refractivity contribution in [1.82, 2.24) is 9.78 Å². The van der Waals surface area contributed by atoms with Crippen LogP contribution in [0, 0.1) is 0 Å². The van der Waals surface area contributed by atoms with E-state index >= 15 is 0 Å². The minimum Gasteiger partial charge on any atom is -0.382 e. The van der Waals surface area contributed by atoms with Crippen LogP contribution in [-0.4, -0.2) is 9.78 Å². The Morgan fingerprint density at radius 2 is 1.78 bits per heavy atom. The average Bonchev–Trinajstić information content (AvgIpc) is 2.70. The third-order valence-electron chi connectivity index (χ3n) is 2.93. The lowest BCUT2D eigenvalue weighted by Crippen LogP contribution is -2.02. The molecule has 4 heteroatoms. The molecule has 0 unspecified atom stereocenters. The lowest BCUT2D eigenvalue weighted by Gasteiger charge is -2.03. The van der Waals surface area contributed by atoms with Crippen LogP contribution < -0.4 is 5.73 Å². The summed E-state index contributed by atoms with van der Waals surface area (Å²) in [7, 11) is 0. The van der Waals surface area contributed by atoms with Crippen molar-refractivity contribution in [3.05, 3.63) is 58.6 Å². The standard InChI is InChI=1S/C14H12BrN3/c15-11-7-5-10(6-8-11)9-18-13-4-2-1-3-12(13)14(16)17-18/h1-8H,9H2,(H2,16,17). The Hall–Kier alpha value is -1.81. The highest BCUT2D eigenvalue weighted by Gasteiger charge is 2.07. The van der Waals surface area contributed by atoms with Gasteiger partial charge in [-0.2, -0.15) is 5.10 Å². The van der Waals surface area contributed by atoms with Crippen LogP contribution in [0.5, 0.6) is 0 Å². The number of aromatic nitrogens is 2. The summed E-state index contributed by atoms with van der Waals surface area (Å²) in [4.78, 5) is 0. The number of fused-ring (bicyclic) bond motifs is 1. The number of nitrogens with two attached hydrogens (primary N) is 1. The second kappa shape index (κ2) is 4.46. The maximum absolute atomic E-state index is 5.92. The number of benzene rings is 2. The Balaban J connectivity index is 2.02. The number of nitrogens with zero attached hydrogens (tertiary/aromatic N) is 2. The van der Waals surface area contributed by atoms with Crippen molar-refractivity contribution in [1.29, 1.82) is 0 Å². The van der Waals surface area contributed by atoms with Gasteiger partial charge in [0.05, 0.1) is 12.1 Å². The van der Waals surface area contributed by atoms with Gasteiger partial charge in [0.25, 0.3) is 0 Å². The lowest BCUT2D eigenvalue weighted by atomic mass is 10.2. The van der Waals surface area contributed by atoms with Gasteiger partial charge < -0.3 is 5.73 Å². The molecule has 3 nitrogen and oxygen atoms in total. The monoisotopic (exact) mass is 301 g/mol. The Labute approximate surface area is 113 Å². The van der Waals surface area contributed by atoms with Crippen molar-refractivity contribution in [2.45, 2.75) is 6.54 Å². The predicted molar refractivity (Wildman–Crippen MR) is 77.4 cm³/mol. The van der Waals surface area contributed by atoms with E-state index < -0.39 is 0 Å². The molecule has 2 N–H and O–H groups in total. The molecule has 0 spiro atoms. The largest absolute Gasteiger partial charge is 0.382 e. The smallest absolute Gasteiger partial charge is 0.153 e. The third-order valence-corrected chi connectivity index (χ3v) is 3.46. The van der Waals surface area contributed by atoms with Gasteiger partial charge in [-0.25, -0.2) is 0 Å². The predicted octanol–water partition coefficient (Wildman–Crippen LogP) is 3.43. The van der Waals surface area contributed by atoms with E-state index in [1.165, 1.54) is 5.56 Å². The van der Waals surface area contributed by atoms with Crippen molar-refractivity contribution >= 4 is 32.7 Å². The molecule has 0 bridgehead atoms. The van der Waals surface area contributed by atoms with Crippen molar-refractivity contribution in [3.63, 3.8) is 0 Å². The summed E-state index contributed by atoms with van der Waals surface area (Å²) in [6.45, 7) is 0.727. The first kappa shape index (κ1) is 11.3. The van der Waals surface area contributed by atoms with Gasteiger partial charge >= 0.3 is 0 Å². The first-order valence-electron chi connectivity index (χ1n) is 5.69. The molecule has 2 aromatic carbocycles. The second-order valence-corrected chi connectivity index (χ2v) is 5.10. The molecule has 0 radical (unpaired) electrons. The van der Waals surface area contributed by atoms with Gasteiger partial charge in [0.2, 0.25) is 0 Å². The van der Waals surface area contributed by atoms with Crippen molar-refractivity contribution in [3.8, 4) is 0 Å². The fourth-order valence-electron chi connectivity index (χ4n) is 2.04. The summed E-state index contributed by atoms with van der Waals surface area (Å²) >= 11 is 3.43. The number of halogens is 1. The van der Waals surface area contributed by atoms with E-state index in [2.05, 4.69) is 33.2 Å². The minimum atomic E-state index is 0.586. The van der Waals surface area contributed by atoms with Crippen molar-refractivity contribution in [2.75, 3.05) is 5.73 Å². The van der Waals surface area contributed by atoms with Crippen LogP contribution in [0.4, 0.5) is 5.82 Å². The number of hydrogen-bond acceptors (Lipinski definition) is 2. The Morgan fingerprint density at radius 1 is 1.06 bits per heavy atom. The van der Waals surface area contributed by atoms with Gasteiger partial charge in [-0.1, -0.05) is 40.2 Å². The van der Waals surface area contributed by atoms with Crippen molar-refractivity contribution < 1.29 is 0 Å². The fraction of sp³-hybridized carbons (Fsp3) is 0.0714. The van der Waals surface area contributed by atoms with E-state index in [1.807, 2.05) is 41.1 Å². The van der Waals surface area contributed by atoms with Crippen molar-refractivity contribution in [2.24, 2.45) is 0 Å². The van der Waals surface area contributed by atoms with Crippen LogP contribution in [0.2, 0.25) is 0 Å². The van der Waals surface area contributed by atoms with Crippen LogP contribution in [-0.2, 0) is 6.54 Å². The summed E-state index contributed by atoms with van der Waals surface area (Å²) in [6, 6.07) is 16.2. The van der Waals surface area contributed by atoms with Gasteiger partial charge in [0.15, 0.2) is 5.82 Å². The Kier molecular flexibility index (Phi) is 2.80. The Bertz CT molecular complexity index is 686. The molecule has 0 saturated heterocycles. The molecule has 0 aliphatic carbocycles. The van der Waals surface area contributed by atoms with E-state index in [0.29, 0.717) is 5.82 Å². The van der Waals surface area contributed by atoms with Gasteiger partial charge in [0.1, 0.15) is 0 Å². The first-order chi connectivity index (χ1) is 8.74. The second-order valence-electron chi connectivity index (χ2n) is 4.19. The summed E-state index contributed by atoms with van der Waals surface area (Å²) in [5.74, 6) is 0.586. The highest BCUT2D eigenvalue weighted by molar-refractivity contribution is 9.10.